The van der Waals surface area contributed by atoms with E-state index in [1.807, 2.05) is 54.7 Å². The maximum absolute atomic E-state index is 12.7. The molecule has 6 nitrogen and oxygen atoms in total. The van der Waals surface area contributed by atoms with E-state index >= 15 is 0 Å². The van der Waals surface area contributed by atoms with E-state index in [1.165, 1.54) is 135 Å². The van der Waals surface area contributed by atoms with Gasteiger partial charge in [-0.1, -0.05) is 229 Å². The van der Waals surface area contributed by atoms with Crippen molar-refractivity contribution < 1.29 is 28.6 Å². The standard InChI is InChI=1S/C54H92O6/c1-4-7-10-13-16-19-22-25-26-27-28-30-32-35-38-41-44-47-53(56)59-50-51(49-58-52(55)46-43-40-37-34-31-24-21-18-15-12-9-6-3)60-54(57)48-45-42-39-36-33-29-23-20-17-14-11-8-5-2/h8,11,14,17,20,23,25-26,29,33,36,39,51H,4-7,9-10,12-13,15-16,18-19,21-22,24,27-28,30-32,34-35,37-38,40-50H2,1-3H3/b11-8-,17-14-,23-20-,26-25-,33-29-,39-36-. The van der Waals surface area contributed by atoms with Crippen molar-refractivity contribution in [2.75, 3.05) is 13.2 Å². The molecule has 0 aromatic carbocycles. The highest BCUT2D eigenvalue weighted by Gasteiger charge is 2.19. The highest BCUT2D eigenvalue weighted by Crippen LogP contribution is 2.14. The van der Waals surface area contributed by atoms with Crippen molar-refractivity contribution in [3.8, 4) is 0 Å². The van der Waals surface area contributed by atoms with Crippen molar-refractivity contribution in [2.24, 2.45) is 0 Å². The van der Waals surface area contributed by atoms with Crippen molar-refractivity contribution in [1.82, 2.24) is 0 Å². The number of carbonyl (C=O) groups excluding carboxylic acids is 3. The fourth-order valence-corrected chi connectivity index (χ4v) is 6.82. The lowest BCUT2D eigenvalue weighted by Crippen LogP contribution is -2.30. The number of hydrogen-bond donors (Lipinski definition) is 0. The van der Waals surface area contributed by atoms with Crippen LogP contribution in [0.3, 0.4) is 0 Å². The minimum Gasteiger partial charge on any atom is -0.462 e. The van der Waals surface area contributed by atoms with Crippen LogP contribution in [0.1, 0.15) is 233 Å². The summed E-state index contributed by atoms with van der Waals surface area (Å²) in [7, 11) is 0. The second-order valence-electron chi connectivity index (χ2n) is 16.5. The van der Waals surface area contributed by atoms with E-state index in [-0.39, 0.29) is 37.5 Å². The average molecular weight is 837 g/mol. The molecule has 6 heteroatoms. The van der Waals surface area contributed by atoms with Crippen LogP contribution in [0.15, 0.2) is 72.9 Å². The summed E-state index contributed by atoms with van der Waals surface area (Å²) in [6.45, 7) is 6.42. The van der Waals surface area contributed by atoms with E-state index in [4.69, 9.17) is 14.2 Å². The van der Waals surface area contributed by atoms with Crippen LogP contribution in [-0.2, 0) is 28.6 Å². The normalized spacial score (nSPS) is 12.7. The Hall–Kier alpha value is -3.15. The highest BCUT2D eigenvalue weighted by atomic mass is 16.6. The molecule has 0 aromatic heterocycles. The Morgan fingerprint density at radius 2 is 0.683 bits per heavy atom. The first-order valence-corrected chi connectivity index (χ1v) is 25.0. The Labute approximate surface area is 370 Å². The third-order valence-corrected chi connectivity index (χ3v) is 10.6. The number of ether oxygens (including phenoxy) is 3. The number of hydrogen-bond acceptors (Lipinski definition) is 6. The monoisotopic (exact) mass is 837 g/mol. The zero-order valence-corrected chi connectivity index (χ0v) is 39.2. The number of unbranched alkanes of at least 4 members (excludes halogenated alkanes) is 25. The Balaban J connectivity index is 4.45. The largest absolute Gasteiger partial charge is 0.462 e. The molecule has 0 saturated heterocycles. The summed E-state index contributed by atoms with van der Waals surface area (Å²) in [5.74, 6) is -0.983. The first-order chi connectivity index (χ1) is 29.5. The number of rotatable bonds is 44. The zero-order valence-electron chi connectivity index (χ0n) is 39.2. The van der Waals surface area contributed by atoms with Crippen molar-refractivity contribution in [3.63, 3.8) is 0 Å². The zero-order chi connectivity index (χ0) is 43.7. The molecule has 0 spiro atoms. The van der Waals surface area contributed by atoms with Crippen molar-refractivity contribution >= 4 is 17.9 Å². The molecule has 0 amide bonds. The van der Waals surface area contributed by atoms with Gasteiger partial charge in [0.1, 0.15) is 13.2 Å². The minimum atomic E-state index is -0.811. The molecule has 1 unspecified atom stereocenters. The second-order valence-corrected chi connectivity index (χ2v) is 16.5. The SMILES string of the molecule is CC\C=C/C=C\C=C/C=C\C=C/CCCC(=O)OC(COC(=O)CCCCCCCCC/C=C\CCCCCCCC)COC(=O)CCCCCCCCCCCCCC. The molecule has 60 heavy (non-hydrogen) atoms. The summed E-state index contributed by atoms with van der Waals surface area (Å²) in [6, 6.07) is 0. The molecule has 0 aliphatic heterocycles. The van der Waals surface area contributed by atoms with Crippen LogP contribution >= 0.6 is 0 Å². The van der Waals surface area contributed by atoms with Crippen LogP contribution in [0.25, 0.3) is 0 Å². The molecule has 0 bridgehead atoms. The van der Waals surface area contributed by atoms with Gasteiger partial charge in [0.05, 0.1) is 0 Å². The van der Waals surface area contributed by atoms with Crippen LogP contribution in [0.2, 0.25) is 0 Å². The minimum absolute atomic E-state index is 0.104. The van der Waals surface area contributed by atoms with Gasteiger partial charge in [-0.05, 0) is 57.8 Å². The molecule has 0 aliphatic rings. The van der Waals surface area contributed by atoms with Gasteiger partial charge in [-0.3, -0.25) is 14.4 Å². The Bertz CT molecular complexity index is 1140. The quantitative estimate of drug-likeness (QED) is 0.0200. The summed E-state index contributed by atoms with van der Waals surface area (Å²) in [5, 5.41) is 0. The van der Waals surface area contributed by atoms with E-state index in [1.54, 1.807) is 0 Å². The molecule has 0 aromatic rings. The molecule has 0 rings (SSSR count). The van der Waals surface area contributed by atoms with Crippen LogP contribution in [0.4, 0.5) is 0 Å². The van der Waals surface area contributed by atoms with Crippen LogP contribution in [0.5, 0.6) is 0 Å². The fraction of sp³-hybridized carbons (Fsp3) is 0.722. The summed E-state index contributed by atoms with van der Waals surface area (Å²) < 4.78 is 16.7. The molecular weight excluding hydrogens is 745 g/mol. The molecule has 0 aliphatic carbocycles. The second kappa shape index (κ2) is 48.5. The Morgan fingerprint density at radius 3 is 1.10 bits per heavy atom. The van der Waals surface area contributed by atoms with Gasteiger partial charge in [0.25, 0.3) is 0 Å². The smallest absolute Gasteiger partial charge is 0.306 e. The predicted octanol–water partition coefficient (Wildman–Crippen LogP) is 16.3. The van der Waals surface area contributed by atoms with Gasteiger partial charge in [-0.15, -0.1) is 0 Å². The Morgan fingerprint density at radius 1 is 0.350 bits per heavy atom. The van der Waals surface area contributed by atoms with Crippen molar-refractivity contribution in [2.45, 2.75) is 239 Å². The molecule has 0 radical (unpaired) electrons. The van der Waals surface area contributed by atoms with E-state index in [0.29, 0.717) is 19.3 Å². The van der Waals surface area contributed by atoms with Gasteiger partial charge in [0, 0.05) is 19.3 Å². The number of esters is 3. The summed E-state index contributed by atoms with van der Waals surface area (Å²) in [4.78, 5) is 37.9. The average Bonchev–Trinajstić information content (AvgIpc) is 3.24. The highest BCUT2D eigenvalue weighted by molar-refractivity contribution is 5.71. The third-order valence-electron chi connectivity index (χ3n) is 10.6. The lowest BCUT2D eigenvalue weighted by atomic mass is 10.0. The molecular formula is C54H92O6. The molecule has 0 fully saturated rings. The summed E-state index contributed by atoms with van der Waals surface area (Å²) >= 11 is 0. The maximum Gasteiger partial charge on any atom is 0.306 e. The molecule has 0 saturated carbocycles. The van der Waals surface area contributed by atoms with Crippen molar-refractivity contribution in [3.05, 3.63) is 72.9 Å². The molecule has 0 N–H and O–H groups in total. The third kappa shape index (κ3) is 45.9. The van der Waals surface area contributed by atoms with E-state index in [0.717, 1.165) is 51.4 Å². The van der Waals surface area contributed by atoms with Gasteiger partial charge in [0.15, 0.2) is 6.10 Å². The van der Waals surface area contributed by atoms with E-state index in [9.17, 15) is 14.4 Å². The van der Waals surface area contributed by atoms with E-state index in [2.05, 4.69) is 39.0 Å². The summed E-state index contributed by atoms with van der Waals surface area (Å²) in [6.07, 6.45) is 60.4. The lowest BCUT2D eigenvalue weighted by molar-refractivity contribution is -0.167. The molecule has 344 valence electrons. The van der Waals surface area contributed by atoms with Crippen molar-refractivity contribution in [1.29, 1.82) is 0 Å². The fourth-order valence-electron chi connectivity index (χ4n) is 6.82. The number of allylic oxidation sites excluding steroid dienone is 12. The first-order valence-electron chi connectivity index (χ1n) is 25.0. The van der Waals surface area contributed by atoms with Crippen LogP contribution in [0, 0.1) is 0 Å². The molecule has 0 heterocycles. The van der Waals surface area contributed by atoms with Gasteiger partial charge >= 0.3 is 17.9 Å². The van der Waals surface area contributed by atoms with Gasteiger partial charge in [-0.25, -0.2) is 0 Å². The summed E-state index contributed by atoms with van der Waals surface area (Å²) in [5.41, 5.74) is 0. The predicted molar refractivity (Wildman–Crippen MR) is 256 cm³/mol. The van der Waals surface area contributed by atoms with E-state index < -0.39 is 6.10 Å². The topological polar surface area (TPSA) is 78.9 Å². The maximum atomic E-state index is 12.7. The number of carbonyl (C=O) groups is 3. The van der Waals surface area contributed by atoms with Gasteiger partial charge in [0.2, 0.25) is 0 Å². The van der Waals surface area contributed by atoms with Gasteiger partial charge < -0.3 is 14.2 Å². The molecule has 1 atom stereocenters. The van der Waals surface area contributed by atoms with Gasteiger partial charge in [-0.2, -0.15) is 0 Å². The van der Waals surface area contributed by atoms with Crippen LogP contribution < -0.4 is 0 Å². The lowest BCUT2D eigenvalue weighted by Gasteiger charge is -2.18. The van der Waals surface area contributed by atoms with Crippen LogP contribution in [-0.4, -0.2) is 37.2 Å². The first kappa shape index (κ1) is 56.9. The Kier molecular flexibility index (Phi) is 46.0.